The van der Waals surface area contributed by atoms with Crippen molar-refractivity contribution in [2.45, 2.75) is 18.4 Å². The molecule has 0 spiro atoms. The molecule has 2 aliphatic rings. The molecule has 0 saturated carbocycles. The van der Waals surface area contributed by atoms with Gasteiger partial charge in [-0.25, -0.2) is 13.8 Å². The number of amides is 1. The molecule has 3 heterocycles. The van der Waals surface area contributed by atoms with Gasteiger partial charge in [-0.15, -0.1) is 0 Å². The van der Waals surface area contributed by atoms with Crippen LogP contribution in [0.5, 0.6) is 0 Å². The molecule has 2 atom stereocenters. The number of hydrogen-bond donors (Lipinski definition) is 2. The maximum atomic E-state index is 14.1. The quantitative estimate of drug-likeness (QED) is 0.867. The molecule has 1 amide bonds. The third-order valence-corrected chi connectivity index (χ3v) is 5.45. The molecule has 0 radical (unpaired) electrons. The number of nitrogens with zero attached hydrogens (tertiary/aromatic N) is 2. The largest absolute Gasteiger partial charge is 0.369 e. The second-order valence-electron chi connectivity index (χ2n) is 6.21. The Labute approximate surface area is 153 Å². The number of hydrogen-bond acceptors (Lipinski definition) is 5. The standard InChI is InChI=1S/C18H16F2N4OS/c19-11-3-1-10(2-4-11)7-15(25)24-18-23-14(9-26-18)12-8-22-17-16(12)13(20)5-6-21-17/h1-6,12,14H,7-9H2,(H,21,22)(H,23,24,25). The van der Waals surface area contributed by atoms with E-state index in [1.165, 1.54) is 36.2 Å². The molecule has 2 aliphatic heterocycles. The summed E-state index contributed by atoms with van der Waals surface area (Å²) in [5.41, 5.74) is 1.30. The van der Waals surface area contributed by atoms with Crippen LogP contribution in [0.2, 0.25) is 0 Å². The first-order valence-corrected chi connectivity index (χ1v) is 9.22. The molecule has 0 saturated heterocycles. The van der Waals surface area contributed by atoms with Crippen molar-refractivity contribution in [3.8, 4) is 0 Å². The third-order valence-electron chi connectivity index (χ3n) is 4.46. The smallest absolute Gasteiger partial charge is 0.230 e. The Morgan fingerprint density at radius 3 is 2.88 bits per heavy atom. The van der Waals surface area contributed by atoms with Crippen molar-refractivity contribution in [3.63, 3.8) is 0 Å². The maximum Gasteiger partial charge on any atom is 0.230 e. The summed E-state index contributed by atoms with van der Waals surface area (Å²) in [6, 6.07) is 7.06. The Hall–Kier alpha value is -2.48. The lowest BCUT2D eigenvalue weighted by atomic mass is 9.95. The highest BCUT2D eigenvalue weighted by molar-refractivity contribution is 8.14. The average Bonchev–Trinajstić information content (AvgIpc) is 3.24. The van der Waals surface area contributed by atoms with Crippen molar-refractivity contribution in [1.29, 1.82) is 0 Å². The summed E-state index contributed by atoms with van der Waals surface area (Å²) in [5, 5.41) is 6.44. The van der Waals surface area contributed by atoms with Gasteiger partial charge in [-0.05, 0) is 23.8 Å². The fraction of sp³-hybridized carbons (Fsp3) is 0.278. The highest BCUT2D eigenvalue weighted by atomic mass is 32.2. The lowest BCUT2D eigenvalue weighted by Crippen LogP contribution is -2.29. The van der Waals surface area contributed by atoms with Crippen molar-refractivity contribution in [2.24, 2.45) is 4.99 Å². The van der Waals surface area contributed by atoms with Crippen LogP contribution in [0.15, 0.2) is 41.5 Å². The van der Waals surface area contributed by atoms with E-state index in [2.05, 4.69) is 20.6 Å². The minimum atomic E-state index is -0.333. The van der Waals surface area contributed by atoms with Crippen molar-refractivity contribution in [2.75, 3.05) is 17.6 Å². The number of halogens is 2. The number of fused-ring (bicyclic) bond motifs is 1. The lowest BCUT2D eigenvalue weighted by molar-refractivity contribution is -0.119. The monoisotopic (exact) mass is 374 g/mol. The summed E-state index contributed by atoms with van der Waals surface area (Å²) in [7, 11) is 0. The molecule has 4 rings (SSSR count). The lowest BCUT2D eigenvalue weighted by Gasteiger charge is -2.14. The second-order valence-corrected chi connectivity index (χ2v) is 7.22. The number of carbonyl (C=O) groups excluding carboxylic acids is 1. The van der Waals surface area contributed by atoms with Gasteiger partial charge in [0.1, 0.15) is 17.5 Å². The van der Waals surface area contributed by atoms with Gasteiger partial charge in [-0.1, -0.05) is 23.9 Å². The van der Waals surface area contributed by atoms with Crippen LogP contribution in [-0.4, -0.2) is 34.4 Å². The van der Waals surface area contributed by atoms with Crippen LogP contribution < -0.4 is 10.6 Å². The van der Waals surface area contributed by atoms with Crippen LogP contribution in [0.3, 0.4) is 0 Å². The number of amidine groups is 1. The van der Waals surface area contributed by atoms with Gasteiger partial charge in [0.2, 0.25) is 5.91 Å². The van der Waals surface area contributed by atoms with Crippen LogP contribution in [0.25, 0.3) is 0 Å². The number of anilines is 1. The highest BCUT2D eigenvalue weighted by Crippen LogP contribution is 2.38. The van der Waals surface area contributed by atoms with E-state index in [9.17, 15) is 13.6 Å². The van der Waals surface area contributed by atoms with E-state index in [0.29, 0.717) is 28.8 Å². The Bertz CT molecular complexity index is 872. The van der Waals surface area contributed by atoms with E-state index >= 15 is 0 Å². The summed E-state index contributed by atoms with van der Waals surface area (Å²) >= 11 is 1.45. The van der Waals surface area contributed by atoms with Crippen LogP contribution in [0.1, 0.15) is 17.0 Å². The molecule has 2 unspecified atom stereocenters. The van der Waals surface area contributed by atoms with Crippen molar-refractivity contribution in [1.82, 2.24) is 10.3 Å². The first-order chi connectivity index (χ1) is 12.6. The van der Waals surface area contributed by atoms with Crippen LogP contribution in [0.4, 0.5) is 14.6 Å². The van der Waals surface area contributed by atoms with Crippen LogP contribution in [0, 0.1) is 11.6 Å². The van der Waals surface area contributed by atoms with Gasteiger partial charge < -0.3 is 10.6 Å². The molecule has 8 heteroatoms. The van der Waals surface area contributed by atoms with E-state index in [4.69, 9.17) is 0 Å². The minimum absolute atomic E-state index is 0.0994. The summed E-state index contributed by atoms with van der Waals surface area (Å²) in [6.07, 6.45) is 1.59. The zero-order valence-electron chi connectivity index (χ0n) is 13.7. The molecule has 0 bridgehead atoms. The normalized spacial score (nSPS) is 21.1. The van der Waals surface area contributed by atoms with Crippen molar-refractivity contribution < 1.29 is 13.6 Å². The average molecular weight is 374 g/mol. The number of aromatic nitrogens is 1. The fourth-order valence-electron chi connectivity index (χ4n) is 3.20. The first kappa shape index (κ1) is 17.0. The van der Waals surface area contributed by atoms with E-state index < -0.39 is 0 Å². The zero-order chi connectivity index (χ0) is 18.1. The van der Waals surface area contributed by atoms with Gasteiger partial charge in [0.15, 0.2) is 5.17 Å². The third kappa shape index (κ3) is 3.41. The number of pyridine rings is 1. The number of aliphatic imine (C=N–C) groups is 1. The summed E-state index contributed by atoms with van der Waals surface area (Å²) in [4.78, 5) is 20.9. The van der Waals surface area contributed by atoms with Gasteiger partial charge in [0.05, 0.1) is 12.5 Å². The summed E-state index contributed by atoms with van der Waals surface area (Å²) in [6.45, 7) is 0.578. The van der Waals surface area contributed by atoms with E-state index in [0.717, 1.165) is 5.56 Å². The number of carbonyl (C=O) groups is 1. The number of nitrogens with one attached hydrogen (secondary N) is 2. The van der Waals surface area contributed by atoms with Gasteiger partial charge in [-0.3, -0.25) is 9.79 Å². The molecule has 0 aliphatic carbocycles. The molecule has 26 heavy (non-hydrogen) atoms. The topological polar surface area (TPSA) is 66.4 Å². The molecule has 0 fully saturated rings. The van der Waals surface area contributed by atoms with E-state index in [1.807, 2.05) is 0 Å². The Balaban J connectivity index is 1.41. The SMILES string of the molecule is O=C(Cc1ccc(F)cc1)NC1=NC(C2CNc3nccc(F)c32)CS1. The fourth-order valence-corrected chi connectivity index (χ4v) is 4.23. The molecule has 1 aromatic heterocycles. The van der Waals surface area contributed by atoms with Gasteiger partial charge in [0, 0.05) is 30.0 Å². The molecular formula is C18H16F2N4OS. The van der Waals surface area contributed by atoms with Gasteiger partial charge >= 0.3 is 0 Å². The molecule has 5 nitrogen and oxygen atoms in total. The van der Waals surface area contributed by atoms with Crippen LogP contribution in [-0.2, 0) is 11.2 Å². The molecule has 1 aromatic carbocycles. The molecular weight excluding hydrogens is 358 g/mol. The highest BCUT2D eigenvalue weighted by Gasteiger charge is 2.36. The molecule has 134 valence electrons. The number of benzene rings is 1. The molecule has 2 N–H and O–H groups in total. The van der Waals surface area contributed by atoms with Gasteiger partial charge in [-0.2, -0.15) is 0 Å². The number of rotatable bonds is 3. The maximum absolute atomic E-state index is 14.1. The first-order valence-electron chi connectivity index (χ1n) is 8.23. The predicted molar refractivity (Wildman–Crippen MR) is 97.4 cm³/mol. The summed E-state index contributed by atoms with van der Waals surface area (Å²) < 4.78 is 27.1. The van der Waals surface area contributed by atoms with E-state index in [-0.39, 0.29) is 35.9 Å². The predicted octanol–water partition coefficient (Wildman–Crippen LogP) is 2.70. The van der Waals surface area contributed by atoms with Gasteiger partial charge in [0.25, 0.3) is 0 Å². The Kier molecular flexibility index (Phi) is 4.58. The second kappa shape index (κ2) is 7.03. The van der Waals surface area contributed by atoms with Crippen LogP contribution >= 0.6 is 11.8 Å². The van der Waals surface area contributed by atoms with Crippen molar-refractivity contribution in [3.05, 3.63) is 59.3 Å². The minimum Gasteiger partial charge on any atom is -0.369 e. The molecule has 2 aromatic rings. The summed E-state index contributed by atoms with van der Waals surface area (Å²) in [5.74, 6) is 0.327. The van der Waals surface area contributed by atoms with E-state index in [1.54, 1.807) is 12.1 Å². The Morgan fingerprint density at radius 1 is 1.27 bits per heavy atom. The number of thioether (sulfide) groups is 1. The zero-order valence-corrected chi connectivity index (χ0v) is 14.5. The van der Waals surface area contributed by atoms with Crippen molar-refractivity contribution >= 4 is 28.7 Å². The Morgan fingerprint density at radius 2 is 2.08 bits per heavy atom.